The number of hydrogen-bond acceptors (Lipinski definition) is 4. The second-order valence-corrected chi connectivity index (χ2v) is 8.88. The van der Waals surface area contributed by atoms with Crippen molar-refractivity contribution in [1.82, 2.24) is 15.5 Å². The molecule has 0 atom stereocenters. The lowest BCUT2D eigenvalue weighted by Gasteiger charge is -2.05. The molecule has 6 nitrogen and oxygen atoms in total. The van der Waals surface area contributed by atoms with Gasteiger partial charge in [-0.1, -0.05) is 53.6 Å². The van der Waals surface area contributed by atoms with Gasteiger partial charge in [-0.3, -0.25) is 14.7 Å². The Hall–Kier alpha value is -3.16. The summed E-state index contributed by atoms with van der Waals surface area (Å²) in [6, 6.07) is 17.1. The highest BCUT2D eigenvalue weighted by molar-refractivity contribution is 7.18. The van der Waals surface area contributed by atoms with Crippen LogP contribution in [-0.2, 0) is 29.0 Å². The number of nitrogens with zero attached hydrogens (tertiary/aromatic N) is 1. The molecule has 0 unspecified atom stereocenters. The number of aryl methyl sites for hydroxylation is 1. The molecule has 2 aromatic carbocycles. The fourth-order valence-corrected chi connectivity index (χ4v) is 4.37. The Kier molecular flexibility index (Phi) is 6.34. The highest BCUT2D eigenvalue weighted by Crippen LogP contribution is 2.29. The molecule has 8 heteroatoms. The Balaban J connectivity index is 1.36. The van der Waals surface area contributed by atoms with Crippen LogP contribution in [0.3, 0.4) is 0 Å². The lowest BCUT2D eigenvalue weighted by Crippen LogP contribution is -2.24. The smallest absolute Gasteiger partial charge is 0.229 e. The van der Waals surface area contributed by atoms with E-state index in [1.807, 2.05) is 49.4 Å². The zero-order chi connectivity index (χ0) is 21.8. The van der Waals surface area contributed by atoms with Crippen LogP contribution >= 0.6 is 22.9 Å². The second-order valence-electron chi connectivity index (χ2n) is 7.32. The minimum Gasteiger partial charge on any atom is -0.352 e. The first-order valence-corrected chi connectivity index (χ1v) is 11.0. The normalized spacial score (nSPS) is 10.9. The number of carbonyl (C=O) groups excluding carboxylic acids is 2. The third-order valence-electron chi connectivity index (χ3n) is 4.75. The number of aromatic nitrogens is 2. The van der Waals surface area contributed by atoms with Crippen molar-refractivity contribution in [3.8, 4) is 0 Å². The number of carbonyl (C=O) groups is 2. The monoisotopic (exact) mass is 452 g/mol. The van der Waals surface area contributed by atoms with Crippen molar-refractivity contribution in [3.63, 3.8) is 0 Å². The van der Waals surface area contributed by atoms with Gasteiger partial charge < -0.3 is 10.6 Å². The second kappa shape index (κ2) is 9.32. The van der Waals surface area contributed by atoms with Gasteiger partial charge in [0.15, 0.2) is 0 Å². The molecule has 0 saturated heterocycles. The maximum Gasteiger partial charge on any atom is 0.229 e. The minimum atomic E-state index is -0.121. The highest BCUT2D eigenvalue weighted by atomic mass is 35.5. The Morgan fingerprint density at radius 3 is 2.61 bits per heavy atom. The molecule has 0 fully saturated rings. The lowest BCUT2D eigenvalue weighted by atomic mass is 10.1. The van der Waals surface area contributed by atoms with Crippen LogP contribution in [0, 0.1) is 6.92 Å². The number of fused-ring (bicyclic) bond motifs is 1. The van der Waals surface area contributed by atoms with Gasteiger partial charge in [-0.25, -0.2) is 0 Å². The highest BCUT2D eigenvalue weighted by Gasteiger charge is 2.15. The summed E-state index contributed by atoms with van der Waals surface area (Å²) < 4.78 is 0. The van der Waals surface area contributed by atoms with Crippen LogP contribution in [0.1, 0.15) is 21.6 Å². The summed E-state index contributed by atoms with van der Waals surface area (Å²) in [5, 5.41) is 14.4. The van der Waals surface area contributed by atoms with Crippen molar-refractivity contribution in [1.29, 1.82) is 0 Å². The van der Waals surface area contributed by atoms with Gasteiger partial charge in [0, 0.05) is 16.4 Å². The number of amides is 2. The molecule has 158 valence electrons. The van der Waals surface area contributed by atoms with Gasteiger partial charge >= 0.3 is 0 Å². The molecule has 0 aliphatic rings. The van der Waals surface area contributed by atoms with E-state index in [0.717, 1.165) is 31.8 Å². The van der Waals surface area contributed by atoms with Crippen molar-refractivity contribution in [2.45, 2.75) is 26.3 Å². The zero-order valence-corrected chi connectivity index (χ0v) is 18.4. The number of aromatic amines is 1. The van der Waals surface area contributed by atoms with Crippen molar-refractivity contribution >= 4 is 50.8 Å². The first-order chi connectivity index (χ1) is 15.0. The Morgan fingerprint density at radius 2 is 1.84 bits per heavy atom. The van der Waals surface area contributed by atoms with Crippen LogP contribution in [0.25, 0.3) is 10.2 Å². The fraction of sp³-hybridized carbons (Fsp3) is 0.174. The van der Waals surface area contributed by atoms with E-state index in [2.05, 4.69) is 20.8 Å². The van der Waals surface area contributed by atoms with Gasteiger partial charge in [0.05, 0.1) is 18.2 Å². The van der Waals surface area contributed by atoms with Crippen LogP contribution in [0.5, 0.6) is 0 Å². The van der Waals surface area contributed by atoms with E-state index in [9.17, 15) is 9.59 Å². The topological polar surface area (TPSA) is 86.9 Å². The average Bonchev–Trinajstić information content (AvgIpc) is 3.28. The summed E-state index contributed by atoms with van der Waals surface area (Å²) in [4.78, 5) is 26.4. The zero-order valence-electron chi connectivity index (χ0n) is 16.9. The number of thiophene rings is 1. The maximum absolute atomic E-state index is 12.4. The quantitative estimate of drug-likeness (QED) is 0.382. The van der Waals surface area contributed by atoms with Crippen molar-refractivity contribution in [2.24, 2.45) is 0 Å². The van der Waals surface area contributed by atoms with Gasteiger partial charge in [-0.15, -0.1) is 11.3 Å². The molecule has 0 spiro atoms. The summed E-state index contributed by atoms with van der Waals surface area (Å²) in [6.45, 7) is 2.44. The van der Waals surface area contributed by atoms with Crippen LogP contribution in [-0.4, -0.2) is 22.0 Å². The van der Waals surface area contributed by atoms with E-state index in [-0.39, 0.29) is 24.7 Å². The first kappa shape index (κ1) is 21.1. The third kappa shape index (κ3) is 5.51. The van der Waals surface area contributed by atoms with Crippen molar-refractivity contribution in [3.05, 3.63) is 81.2 Å². The molecule has 0 radical (unpaired) electrons. The van der Waals surface area contributed by atoms with E-state index in [1.165, 1.54) is 11.3 Å². The Labute approximate surface area is 188 Å². The van der Waals surface area contributed by atoms with Crippen LogP contribution in [0.2, 0.25) is 5.02 Å². The maximum atomic E-state index is 12.4. The molecule has 2 amide bonds. The molecule has 2 heterocycles. The number of anilines is 1. The van der Waals surface area contributed by atoms with Crippen molar-refractivity contribution in [2.75, 3.05) is 5.32 Å². The number of nitrogens with one attached hydrogen (secondary N) is 3. The van der Waals surface area contributed by atoms with Gasteiger partial charge in [-0.05, 0) is 36.2 Å². The molecule has 2 aromatic heterocycles. The van der Waals surface area contributed by atoms with Crippen LogP contribution in [0.4, 0.5) is 5.82 Å². The molecule has 0 bridgehead atoms. The third-order valence-corrected chi connectivity index (χ3v) is 6.03. The van der Waals surface area contributed by atoms with E-state index in [4.69, 9.17) is 11.6 Å². The molecule has 31 heavy (non-hydrogen) atoms. The summed E-state index contributed by atoms with van der Waals surface area (Å²) in [7, 11) is 0. The van der Waals surface area contributed by atoms with Gasteiger partial charge in [0.1, 0.15) is 10.6 Å². The number of H-pyrrole nitrogens is 1. The SMILES string of the molecule is Cc1cccc(CC(=O)Nc2[nH]nc3sc(CC(=O)NCc4ccc(Cl)cc4)cc23)c1. The summed E-state index contributed by atoms with van der Waals surface area (Å²) in [6.07, 6.45) is 0.539. The standard InChI is InChI=1S/C23H21ClN4O2S/c1-14-3-2-4-16(9-14)10-21(30)26-22-19-11-18(31-23(19)28-27-22)12-20(29)25-13-15-5-7-17(24)8-6-15/h2-9,11H,10,12-13H2,1H3,(H,25,29)(H2,26,27,28,30). The van der Waals surface area contributed by atoms with Crippen LogP contribution < -0.4 is 10.6 Å². The Bertz CT molecular complexity index is 1230. The van der Waals surface area contributed by atoms with Gasteiger partial charge in [-0.2, -0.15) is 5.10 Å². The Morgan fingerprint density at radius 1 is 1.03 bits per heavy atom. The first-order valence-electron chi connectivity index (χ1n) is 9.79. The van der Waals surface area contributed by atoms with E-state index < -0.39 is 0 Å². The largest absolute Gasteiger partial charge is 0.352 e. The average molecular weight is 453 g/mol. The van der Waals surface area contributed by atoms with E-state index in [1.54, 1.807) is 12.1 Å². The summed E-state index contributed by atoms with van der Waals surface area (Å²) in [5.74, 6) is 0.356. The molecule has 0 saturated carbocycles. The predicted octanol–water partition coefficient (Wildman–Crippen LogP) is 4.63. The van der Waals surface area contributed by atoms with E-state index in [0.29, 0.717) is 17.4 Å². The molecular formula is C23H21ClN4O2S. The number of rotatable bonds is 7. The fourth-order valence-electron chi connectivity index (χ4n) is 3.26. The minimum absolute atomic E-state index is 0.0761. The summed E-state index contributed by atoms with van der Waals surface area (Å²) in [5.41, 5.74) is 3.06. The van der Waals surface area contributed by atoms with Gasteiger partial charge in [0.2, 0.25) is 11.8 Å². The molecule has 3 N–H and O–H groups in total. The number of halogens is 1. The van der Waals surface area contributed by atoms with Crippen molar-refractivity contribution < 1.29 is 9.59 Å². The number of hydrogen-bond donors (Lipinski definition) is 3. The molecule has 4 rings (SSSR count). The number of benzene rings is 2. The predicted molar refractivity (Wildman–Crippen MR) is 124 cm³/mol. The molecule has 4 aromatic rings. The molecule has 0 aliphatic carbocycles. The van der Waals surface area contributed by atoms with Gasteiger partial charge in [0.25, 0.3) is 0 Å². The van der Waals surface area contributed by atoms with E-state index >= 15 is 0 Å². The van der Waals surface area contributed by atoms with Crippen LogP contribution in [0.15, 0.2) is 54.6 Å². The lowest BCUT2D eigenvalue weighted by molar-refractivity contribution is -0.120. The molecular weight excluding hydrogens is 432 g/mol. The molecule has 0 aliphatic heterocycles. The summed E-state index contributed by atoms with van der Waals surface area (Å²) >= 11 is 7.31.